The van der Waals surface area contributed by atoms with Gasteiger partial charge in [0.1, 0.15) is 22.7 Å². The number of aromatic nitrogens is 1. The van der Waals surface area contributed by atoms with Crippen LogP contribution in [0.15, 0.2) is 41.3 Å². The number of aromatic amines is 1. The van der Waals surface area contributed by atoms with Gasteiger partial charge in [-0.3, -0.25) is 4.79 Å². The van der Waals surface area contributed by atoms with Gasteiger partial charge in [-0.1, -0.05) is 11.6 Å². The number of sulfonamides is 1. The number of benzene rings is 2. The molecule has 0 radical (unpaired) electrons. The minimum atomic E-state index is -3.97. The van der Waals surface area contributed by atoms with E-state index < -0.39 is 22.0 Å². The minimum absolute atomic E-state index is 0.0596. The third-order valence-corrected chi connectivity index (χ3v) is 8.62. The highest BCUT2D eigenvalue weighted by molar-refractivity contribution is 7.89. The van der Waals surface area contributed by atoms with E-state index in [0.717, 1.165) is 24.3 Å². The van der Waals surface area contributed by atoms with Crippen LogP contribution in [-0.4, -0.2) is 62.5 Å². The Labute approximate surface area is 208 Å². The zero-order chi connectivity index (χ0) is 24.7. The van der Waals surface area contributed by atoms with Gasteiger partial charge in [0.05, 0.1) is 29.4 Å². The molecule has 9 nitrogen and oxygen atoms in total. The normalized spacial score (nSPS) is 18.8. The standard InChI is InChI=1S/C24H24ClN5O4S/c1-15-10-16-12-18(14-26)27-23(16)22(11-15)35(32,33)30-5-4-21(30)24(31)28-17-2-3-20(19(25)13-17)29-6-8-34-9-7-29/h2-3,10-13,21,27H,4-9H2,1H3,(H,28,31)/t21-/m0/s1. The second-order valence-electron chi connectivity index (χ2n) is 8.70. The number of fused-ring (bicyclic) bond motifs is 1. The second-order valence-corrected chi connectivity index (χ2v) is 11.0. The molecule has 11 heteroatoms. The van der Waals surface area contributed by atoms with Crippen LogP contribution < -0.4 is 10.2 Å². The molecule has 182 valence electrons. The van der Waals surface area contributed by atoms with Gasteiger partial charge in [-0.25, -0.2) is 8.42 Å². The van der Waals surface area contributed by atoms with Crippen molar-refractivity contribution in [2.24, 2.45) is 0 Å². The van der Waals surface area contributed by atoms with Gasteiger partial charge in [0.2, 0.25) is 15.9 Å². The highest BCUT2D eigenvalue weighted by atomic mass is 35.5. The lowest BCUT2D eigenvalue weighted by atomic mass is 10.1. The molecule has 1 amide bonds. The second kappa shape index (κ2) is 9.17. The zero-order valence-electron chi connectivity index (χ0n) is 19.0. The highest BCUT2D eigenvalue weighted by Gasteiger charge is 2.43. The quantitative estimate of drug-likeness (QED) is 0.540. The number of halogens is 1. The van der Waals surface area contributed by atoms with Gasteiger partial charge in [0.25, 0.3) is 0 Å². The number of morpholine rings is 1. The van der Waals surface area contributed by atoms with Gasteiger partial charge in [-0.2, -0.15) is 9.57 Å². The molecule has 2 fully saturated rings. The first-order valence-electron chi connectivity index (χ1n) is 11.3. The highest BCUT2D eigenvalue weighted by Crippen LogP contribution is 2.34. The molecule has 2 aliphatic rings. The number of amides is 1. The van der Waals surface area contributed by atoms with Crippen LogP contribution in [0.1, 0.15) is 17.7 Å². The molecule has 0 bridgehead atoms. The molecule has 2 N–H and O–H groups in total. The number of anilines is 2. The number of nitriles is 1. The van der Waals surface area contributed by atoms with E-state index in [1.807, 2.05) is 18.2 Å². The van der Waals surface area contributed by atoms with Crippen molar-refractivity contribution in [2.75, 3.05) is 43.1 Å². The van der Waals surface area contributed by atoms with Crippen molar-refractivity contribution in [2.45, 2.75) is 24.3 Å². The number of aryl methyl sites for hydroxylation is 1. The molecule has 0 unspecified atom stereocenters. The lowest BCUT2D eigenvalue weighted by Crippen LogP contribution is -2.56. The number of ether oxygens (including phenoxy) is 1. The number of H-pyrrole nitrogens is 1. The van der Waals surface area contributed by atoms with Crippen molar-refractivity contribution >= 4 is 49.8 Å². The lowest BCUT2D eigenvalue weighted by Gasteiger charge is -2.38. The number of carbonyl (C=O) groups excluding carboxylic acids is 1. The zero-order valence-corrected chi connectivity index (χ0v) is 20.6. The Bertz CT molecular complexity index is 1460. The van der Waals surface area contributed by atoms with Gasteiger partial charge in [-0.15, -0.1) is 0 Å². The Morgan fingerprint density at radius 2 is 1.97 bits per heavy atom. The maximum absolute atomic E-state index is 13.5. The van der Waals surface area contributed by atoms with E-state index >= 15 is 0 Å². The Morgan fingerprint density at radius 3 is 2.63 bits per heavy atom. The molecular weight excluding hydrogens is 490 g/mol. The van der Waals surface area contributed by atoms with Gasteiger partial charge in [-0.05, 0) is 55.3 Å². The Kier molecular flexibility index (Phi) is 6.19. The summed E-state index contributed by atoms with van der Waals surface area (Å²) < 4.78 is 33.6. The maximum atomic E-state index is 13.5. The topological polar surface area (TPSA) is 119 Å². The predicted octanol–water partition coefficient (Wildman–Crippen LogP) is 3.24. The molecule has 5 rings (SSSR count). The number of hydrogen-bond acceptors (Lipinski definition) is 6. The summed E-state index contributed by atoms with van der Waals surface area (Å²) in [6.45, 7) is 4.77. The van der Waals surface area contributed by atoms with Crippen LogP contribution in [0.4, 0.5) is 11.4 Å². The summed E-state index contributed by atoms with van der Waals surface area (Å²) in [7, 11) is -3.97. The number of nitrogens with one attached hydrogen (secondary N) is 2. The van der Waals surface area contributed by atoms with Gasteiger partial charge >= 0.3 is 0 Å². The van der Waals surface area contributed by atoms with Crippen LogP contribution >= 0.6 is 11.6 Å². The van der Waals surface area contributed by atoms with E-state index in [1.165, 1.54) is 4.31 Å². The average molecular weight is 514 g/mol. The van der Waals surface area contributed by atoms with Crippen molar-refractivity contribution < 1.29 is 17.9 Å². The lowest BCUT2D eigenvalue weighted by molar-refractivity contribution is -0.122. The molecule has 1 atom stereocenters. The Hall–Kier alpha value is -3.10. The molecule has 0 spiro atoms. The third kappa shape index (κ3) is 4.36. The Balaban J connectivity index is 1.36. The SMILES string of the molecule is Cc1cc(S(=O)(=O)N2CC[C@H]2C(=O)Nc2ccc(N3CCOCC3)c(Cl)c2)c2[nH]c(C#N)cc2c1. The van der Waals surface area contributed by atoms with Crippen LogP contribution in [0.2, 0.25) is 5.02 Å². The van der Waals surface area contributed by atoms with Crippen LogP contribution in [0.5, 0.6) is 0 Å². The van der Waals surface area contributed by atoms with Crippen LogP contribution in [0.25, 0.3) is 10.9 Å². The number of nitrogens with zero attached hydrogens (tertiary/aromatic N) is 3. The summed E-state index contributed by atoms with van der Waals surface area (Å²) in [4.78, 5) is 18.1. The number of rotatable bonds is 5. The summed E-state index contributed by atoms with van der Waals surface area (Å²) in [6.07, 6.45) is 0.411. The first-order valence-corrected chi connectivity index (χ1v) is 13.1. The fourth-order valence-corrected chi connectivity index (χ4v) is 6.72. The average Bonchev–Trinajstić information content (AvgIpc) is 3.21. The van der Waals surface area contributed by atoms with Gasteiger partial charge in [0.15, 0.2) is 0 Å². The molecule has 2 aromatic carbocycles. The first-order chi connectivity index (χ1) is 16.8. The number of hydrogen-bond donors (Lipinski definition) is 2. The molecule has 3 heterocycles. The molecule has 35 heavy (non-hydrogen) atoms. The molecular formula is C24H24ClN5O4S. The van der Waals surface area contributed by atoms with Crippen molar-refractivity contribution in [3.8, 4) is 6.07 Å². The molecule has 3 aromatic rings. The van der Waals surface area contributed by atoms with Gasteiger partial charge in [0, 0.05) is 30.7 Å². The van der Waals surface area contributed by atoms with E-state index in [-0.39, 0.29) is 17.1 Å². The van der Waals surface area contributed by atoms with E-state index in [1.54, 1.807) is 31.2 Å². The molecule has 2 aliphatic heterocycles. The predicted molar refractivity (Wildman–Crippen MR) is 133 cm³/mol. The fraction of sp³-hybridized carbons (Fsp3) is 0.333. The maximum Gasteiger partial charge on any atom is 0.245 e. The summed E-state index contributed by atoms with van der Waals surface area (Å²) in [6, 6.07) is 11.5. The summed E-state index contributed by atoms with van der Waals surface area (Å²) in [5, 5.41) is 13.2. The van der Waals surface area contributed by atoms with Crippen molar-refractivity contribution in [3.05, 3.63) is 52.7 Å². The van der Waals surface area contributed by atoms with Gasteiger partial charge < -0.3 is 19.9 Å². The van der Waals surface area contributed by atoms with Crippen LogP contribution in [0.3, 0.4) is 0 Å². The van der Waals surface area contributed by atoms with Crippen molar-refractivity contribution in [1.29, 1.82) is 5.26 Å². The van der Waals surface area contributed by atoms with E-state index in [2.05, 4.69) is 15.2 Å². The van der Waals surface area contributed by atoms with E-state index in [4.69, 9.17) is 16.3 Å². The third-order valence-electron chi connectivity index (χ3n) is 6.38. The Morgan fingerprint density at radius 1 is 1.20 bits per heavy atom. The van der Waals surface area contributed by atoms with Crippen LogP contribution in [-0.2, 0) is 19.6 Å². The van der Waals surface area contributed by atoms with Crippen LogP contribution in [0, 0.1) is 18.3 Å². The summed E-state index contributed by atoms with van der Waals surface area (Å²) >= 11 is 6.47. The minimum Gasteiger partial charge on any atom is -0.378 e. The molecule has 1 aromatic heterocycles. The van der Waals surface area contributed by atoms with Crippen molar-refractivity contribution in [3.63, 3.8) is 0 Å². The fourth-order valence-electron chi connectivity index (χ4n) is 4.53. The summed E-state index contributed by atoms with van der Waals surface area (Å²) in [5.74, 6) is -0.414. The van der Waals surface area contributed by atoms with Crippen molar-refractivity contribution in [1.82, 2.24) is 9.29 Å². The monoisotopic (exact) mass is 513 g/mol. The smallest absolute Gasteiger partial charge is 0.245 e. The molecule has 0 saturated carbocycles. The van der Waals surface area contributed by atoms with E-state index in [9.17, 15) is 18.5 Å². The largest absolute Gasteiger partial charge is 0.378 e. The molecule has 2 saturated heterocycles. The van der Waals surface area contributed by atoms with E-state index in [0.29, 0.717) is 41.2 Å². The summed E-state index contributed by atoms with van der Waals surface area (Å²) in [5.41, 5.74) is 2.76. The first kappa shape index (κ1) is 23.6. The number of carbonyl (C=O) groups is 1. The molecule has 0 aliphatic carbocycles.